The lowest BCUT2D eigenvalue weighted by Gasteiger charge is -2.24. The average Bonchev–Trinajstić information content (AvgIpc) is 3.94. The number of imidazole rings is 2. The zero-order valence-electron chi connectivity index (χ0n) is 35.5. The van der Waals surface area contributed by atoms with Gasteiger partial charge in [0.1, 0.15) is 22.7 Å². The first-order valence-electron chi connectivity index (χ1n) is 20.7. The summed E-state index contributed by atoms with van der Waals surface area (Å²) in [5.74, 6) is -0.177. The summed E-state index contributed by atoms with van der Waals surface area (Å²) in [5, 5.41) is 0. The number of pyridine rings is 2. The highest BCUT2D eigenvalue weighted by atomic mass is 32.3. The SMILES string of the molecule is O=S(=O)(c1ccccc1)N(c1c(-c2ccccc2)nc2ccccn12)S(=O)(=O)c1ccccc1.O=S(=O)(c1ccccc1)N(c1c(-c2ccccc2)nc2ccccn12)S(=O)(=O)c1ccccc1. The second-order valence-corrected chi connectivity index (χ2v) is 22.4. The third-order valence-electron chi connectivity index (χ3n) is 10.5. The maximum absolute atomic E-state index is 14.0. The number of fused-ring (bicyclic) bond motifs is 2. The van der Waals surface area contributed by atoms with Crippen molar-refractivity contribution in [2.45, 2.75) is 19.6 Å². The molecule has 10 rings (SSSR count). The molecular formula is C50H38N6O8S4. The van der Waals surface area contributed by atoms with Crippen molar-refractivity contribution in [2.75, 3.05) is 7.42 Å². The molecule has 0 bridgehead atoms. The Kier molecular flexibility index (Phi) is 12.3. The second-order valence-electron chi connectivity index (χ2n) is 14.8. The molecule has 0 atom stereocenters. The van der Waals surface area contributed by atoms with E-state index in [2.05, 4.69) is 9.97 Å². The summed E-state index contributed by atoms with van der Waals surface area (Å²) in [6.07, 6.45) is 3.19. The van der Waals surface area contributed by atoms with Crippen molar-refractivity contribution >= 4 is 63.0 Å². The van der Waals surface area contributed by atoms with Crippen LogP contribution in [0.3, 0.4) is 0 Å². The fourth-order valence-corrected chi connectivity index (χ4v) is 14.8. The van der Waals surface area contributed by atoms with Crippen LogP contribution in [0.2, 0.25) is 0 Å². The minimum absolute atomic E-state index is 0.0884. The standard InChI is InChI=1S/2C25H19N3O4S2/c2*29-33(30,21-14-6-2-7-15-21)28(34(31,32)22-16-8-3-9-17-22)25-24(20-12-4-1-5-13-20)26-23-18-10-11-19-27(23)25/h2*1-19H. The van der Waals surface area contributed by atoms with Crippen LogP contribution in [0.1, 0.15) is 0 Å². The number of hydrogen-bond donors (Lipinski definition) is 0. The van der Waals surface area contributed by atoms with E-state index < -0.39 is 40.1 Å². The summed E-state index contributed by atoms with van der Waals surface area (Å²) in [6.45, 7) is 0. The fraction of sp³-hybridized carbons (Fsp3) is 0. The highest BCUT2D eigenvalue weighted by Crippen LogP contribution is 2.40. The van der Waals surface area contributed by atoms with Gasteiger partial charge in [0.15, 0.2) is 11.6 Å². The van der Waals surface area contributed by atoms with Crippen molar-refractivity contribution in [3.05, 3.63) is 231 Å². The van der Waals surface area contributed by atoms with Gasteiger partial charge in [0, 0.05) is 23.5 Å². The number of rotatable bonds is 12. The Morgan fingerprint density at radius 2 is 0.529 bits per heavy atom. The topological polar surface area (TPSA) is 178 Å². The molecule has 340 valence electrons. The summed E-state index contributed by atoms with van der Waals surface area (Å²) in [4.78, 5) is 8.61. The average molecular weight is 979 g/mol. The first-order chi connectivity index (χ1) is 32.8. The molecule has 0 radical (unpaired) electrons. The van der Waals surface area contributed by atoms with Crippen LogP contribution in [0, 0.1) is 0 Å². The molecule has 0 aliphatic heterocycles. The predicted octanol–water partition coefficient (Wildman–Crippen LogP) is 9.17. The number of aromatic nitrogens is 4. The van der Waals surface area contributed by atoms with E-state index in [1.807, 2.05) is 12.1 Å². The van der Waals surface area contributed by atoms with Gasteiger partial charge in [0.05, 0.1) is 19.6 Å². The summed E-state index contributed by atoms with van der Waals surface area (Å²) in [5.41, 5.74) is 2.44. The van der Waals surface area contributed by atoms with E-state index in [4.69, 9.17) is 0 Å². The predicted molar refractivity (Wildman–Crippen MR) is 261 cm³/mol. The molecule has 0 aliphatic rings. The van der Waals surface area contributed by atoms with Crippen LogP contribution in [0.5, 0.6) is 0 Å². The quantitative estimate of drug-likeness (QED) is 0.115. The van der Waals surface area contributed by atoms with E-state index >= 15 is 0 Å². The molecule has 18 heteroatoms. The first-order valence-corrected chi connectivity index (χ1v) is 26.4. The van der Waals surface area contributed by atoms with Gasteiger partial charge in [0.25, 0.3) is 40.1 Å². The van der Waals surface area contributed by atoms with Crippen LogP contribution in [0.4, 0.5) is 11.6 Å². The summed E-state index contributed by atoms with van der Waals surface area (Å²) in [7, 11) is -18.3. The smallest absolute Gasteiger partial charge is 0.279 e. The Labute approximate surface area is 393 Å². The van der Waals surface area contributed by atoms with Gasteiger partial charge >= 0.3 is 0 Å². The van der Waals surface area contributed by atoms with Gasteiger partial charge in [-0.15, -0.1) is 7.42 Å². The van der Waals surface area contributed by atoms with Gasteiger partial charge < -0.3 is 0 Å². The lowest BCUT2D eigenvalue weighted by Crippen LogP contribution is -2.38. The van der Waals surface area contributed by atoms with Crippen LogP contribution in [0.25, 0.3) is 33.8 Å². The molecule has 0 spiro atoms. The maximum Gasteiger partial charge on any atom is 0.279 e. The van der Waals surface area contributed by atoms with Crippen molar-refractivity contribution in [1.82, 2.24) is 18.8 Å². The molecule has 0 saturated heterocycles. The fourth-order valence-electron chi connectivity index (χ4n) is 7.36. The molecule has 0 saturated carbocycles. The second kappa shape index (κ2) is 18.4. The van der Waals surface area contributed by atoms with E-state index in [0.717, 1.165) is 0 Å². The van der Waals surface area contributed by atoms with Crippen LogP contribution in [-0.4, -0.2) is 52.4 Å². The van der Waals surface area contributed by atoms with Gasteiger partial charge in [-0.2, -0.15) is 33.7 Å². The van der Waals surface area contributed by atoms with Gasteiger partial charge in [-0.25, -0.2) is 9.97 Å². The van der Waals surface area contributed by atoms with Crippen LogP contribution in [-0.2, 0) is 40.1 Å². The summed E-state index contributed by atoms with van der Waals surface area (Å²) in [6, 6.07) is 58.1. The molecule has 0 aliphatic carbocycles. The lowest BCUT2D eigenvalue weighted by molar-refractivity contribution is 0.580. The van der Waals surface area contributed by atoms with Crippen molar-refractivity contribution in [3.8, 4) is 22.5 Å². The van der Waals surface area contributed by atoms with Gasteiger partial charge in [0.2, 0.25) is 0 Å². The minimum atomic E-state index is -4.57. The number of sulfonamides is 4. The lowest BCUT2D eigenvalue weighted by atomic mass is 10.1. The van der Waals surface area contributed by atoms with Gasteiger partial charge in [-0.1, -0.05) is 146 Å². The van der Waals surface area contributed by atoms with Crippen LogP contribution >= 0.6 is 0 Å². The maximum atomic E-state index is 14.0. The minimum Gasteiger partial charge on any atom is -0.284 e. The van der Waals surface area contributed by atoms with E-state index in [1.54, 1.807) is 170 Å². The molecule has 0 fully saturated rings. The van der Waals surface area contributed by atoms with Gasteiger partial charge in [-0.05, 0) is 72.8 Å². The molecular weight excluding hydrogens is 941 g/mol. The van der Waals surface area contributed by atoms with Crippen molar-refractivity contribution in [3.63, 3.8) is 0 Å². The molecule has 14 nitrogen and oxygen atoms in total. The molecule has 0 N–H and O–H groups in total. The molecule has 4 heterocycles. The Bertz CT molecular complexity index is 3450. The monoisotopic (exact) mass is 978 g/mol. The molecule has 0 amide bonds. The van der Waals surface area contributed by atoms with Crippen LogP contribution < -0.4 is 7.42 Å². The van der Waals surface area contributed by atoms with Crippen molar-refractivity contribution in [2.24, 2.45) is 0 Å². The Morgan fingerprint density at radius 3 is 0.794 bits per heavy atom. The van der Waals surface area contributed by atoms with Crippen molar-refractivity contribution in [1.29, 1.82) is 0 Å². The van der Waals surface area contributed by atoms with Crippen molar-refractivity contribution < 1.29 is 33.7 Å². The Morgan fingerprint density at radius 1 is 0.294 bits per heavy atom. The summed E-state index contributed by atoms with van der Waals surface area (Å²) < 4.78 is 116. The van der Waals surface area contributed by atoms with Gasteiger partial charge in [-0.3, -0.25) is 8.80 Å². The number of nitrogens with zero attached hydrogens (tertiary/aromatic N) is 6. The molecule has 68 heavy (non-hydrogen) atoms. The molecule has 4 aromatic heterocycles. The summed E-state index contributed by atoms with van der Waals surface area (Å²) >= 11 is 0. The molecule has 6 aromatic carbocycles. The van der Waals surface area contributed by atoms with Crippen LogP contribution in [0.15, 0.2) is 250 Å². The highest BCUT2D eigenvalue weighted by Gasteiger charge is 2.42. The number of benzene rings is 6. The number of anilines is 2. The van der Waals surface area contributed by atoms with E-state index in [0.29, 0.717) is 29.8 Å². The van der Waals surface area contributed by atoms with E-state index in [1.165, 1.54) is 57.3 Å². The normalized spacial score (nSPS) is 12.0. The van der Waals surface area contributed by atoms with E-state index in [-0.39, 0.29) is 42.6 Å². The Balaban J connectivity index is 0.000000170. The third-order valence-corrected chi connectivity index (χ3v) is 18.8. The zero-order valence-corrected chi connectivity index (χ0v) is 38.8. The number of hydrogen-bond acceptors (Lipinski definition) is 10. The largest absolute Gasteiger partial charge is 0.284 e. The molecule has 10 aromatic rings. The highest BCUT2D eigenvalue weighted by molar-refractivity contribution is 8.10. The van der Waals surface area contributed by atoms with E-state index in [9.17, 15) is 33.7 Å². The first kappa shape index (κ1) is 45.3. The molecule has 0 unspecified atom stereocenters. The Hall–Kier alpha value is -7.90. The third kappa shape index (κ3) is 8.41. The zero-order chi connectivity index (χ0) is 47.5.